The third-order valence-corrected chi connectivity index (χ3v) is 8.13. The molecule has 2 saturated carbocycles. The number of alkyl halides is 1. The Kier molecular flexibility index (Phi) is 3.10. The number of carbonyl (C=O) groups is 1. The maximum absolute atomic E-state index is 11.9. The van der Waals surface area contributed by atoms with E-state index in [9.17, 15) is 4.79 Å². The topological polar surface area (TPSA) is 17.1 Å². The number of allylic oxidation sites excluding steroid dienone is 4. The zero-order valence-corrected chi connectivity index (χ0v) is 14.7. The molecule has 0 unspecified atom stereocenters. The van der Waals surface area contributed by atoms with Crippen molar-refractivity contribution < 1.29 is 4.79 Å². The summed E-state index contributed by atoms with van der Waals surface area (Å²) >= 11 is 3.93. The van der Waals surface area contributed by atoms with Gasteiger partial charge in [-0.3, -0.25) is 4.79 Å². The number of ketones is 1. The lowest BCUT2D eigenvalue weighted by molar-refractivity contribution is -0.117. The van der Waals surface area contributed by atoms with Gasteiger partial charge in [0.25, 0.3) is 0 Å². The fraction of sp³-hybridized carbons (Fsp3) is 0.737. The van der Waals surface area contributed by atoms with Crippen LogP contribution < -0.4 is 0 Å². The lowest BCUT2D eigenvalue weighted by Gasteiger charge is -2.58. The first-order valence-corrected chi connectivity index (χ1v) is 9.42. The van der Waals surface area contributed by atoms with E-state index in [-0.39, 0.29) is 5.41 Å². The summed E-state index contributed by atoms with van der Waals surface area (Å²) in [6.45, 7) is 4.92. The summed E-state index contributed by atoms with van der Waals surface area (Å²) in [5.74, 6) is 2.77. The summed E-state index contributed by atoms with van der Waals surface area (Å²) in [5.41, 5.74) is 2.11. The molecule has 0 spiro atoms. The van der Waals surface area contributed by atoms with Crippen molar-refractivity contribution in [3.05, 3.63) is 23.8 Å². The maximum atomic E-state index is 11.9. The summed E-state index contributed by atoms with van der Waals surface area (Å²) in [7, 11) is 0. The van der Waals surface area contributed by atoms with Gasteiger partial charge in [-0.25, -0.2) is 0 Å². The first-order chi connectivity index (χ1) is 9.94. The van der Waals surface area contributed by atoms with Crippen molar-refractivity contribution in [2.24, 2.45) is 28.6 Å². The van der Waals surface area contributed by atoms with Crippen LogP contribution in [0.15, 0.2) is 23.8 Å². The van der Waals surface area contributed by atoms with Crippen LogP contribution in [0.2, 0.25) is 0 Å². The van der Waals surface area contributed by atoms with Crippen LogP contribution >= 0.6 is 15.9 Å². The lowest BCUT2D eigenvalue weighted by atomic mass is 9.47. The highest BCUT2D eigenvalue weighted by molar-refractivity contribution is 9.09. The summed E-state index contributed by atoms with van der Waals surface area (Å²) < 4.78 is 0. The van der Waals surface area contributed by atoms with Crippen LogP contribution in [-0.2, 0) is 4.79 Å². The van der Waals surface area contributed by atoms with Gasteiger partial charge < -0.3 is 0 Å². The second-order valence-corrected chi connectivity index (χ2v) is 9.35. The number of hydrogen-bond donors (Lipinski definition) is 0. The highest BCUT2D eigenvalue weighted by atomic mass is 79.9. The van der Waals surface area contributed by atoms with Gasteiger partial charge >= 0.3 is 0 Å². The van der Waals surface area contributed by atoms with Gasteiger partial charge in [0, 0.05) is 11.2 Å². The molecule has 0 heterocycles. The van der Waals surface area contributed by atoms with Gasteiger partial charge in [-0.05, 0) is 72.3 Å². The predicted octanol–water partition coefficient (Wildman–Crippen LogP) is 5.06. The Bertz CT molecular complexity index is 548. The molecular formula is C19H25BrO. The molecule has 21 heavy (non-hydrogen) atoms. The van der Waals surface area contributed by atoms with Gasteiger partial charge in [-0.2, -0.15) is 0 Å². The van der Waals surface area contributed by atoms with Gasteiger partial charge in [0.05, 0.1) is 0 Å². The molecule has 0 aromatic carbocycles. The maximum Gasteiger partial charge on any atom is 0.155 e. The Hall–Kier alpha value is -0.370. The van der Waals surface area contributed by atoms with Crippen LogP contribution in [0.4, 0.5) is 0 Å². The summed E-state index contributed by atoms with van der Waals surface area (Å²) in [6.07, 6.45) is 13.9. The van der Waals surface area contributed by atoms with E-state index in [0.717, 1.165) is 30.6 Å². The van der Waals surface area contributed by atoms with E-state index in [4.69, 9.17) is 0 Å². The number of fused-ring (bicyclic) bond motifs is 5. The van der Waals surface area contributed by atoms with Crippen LogP contribution in [-0.4, -0.2) is 10.6 Å². The molecule has 0 aromatic heterocycles. The summed E-state index contributed by atoms with van der Waals surface area (Å²) in [6, 6.07) is 0. The molecule has 6 atom stereocenters. The van der Waals surface area contributed by atoms with Crippen molar-refractivity contribution in [1.82, 2.24) is 0 Å². The van der Waals surface area contributed by atoms with E-state index >= 15 is 0 Å². The van der Waals surface area contributed by atoms with Crippen LogP contribution in [0, 0.1) is 28.6 Å². The molecule has 2 fully saturated rings. The van der Waals surface area contributed by atoms with Crippen LogP contribution in [0.5, 0.6) is 0 Å². The molecule has 1 nitrogen and oxygen atoms in total. The molecule has 0 N–H and O–H groups in total. The van der Waals surface area contributed by atoms with Crippen molar-refractivity contribution in [2.45, 2.75) is 57.2 Å². The minimum atomic E-state index is 0.259. The average Bonchev–Trinajstić information content (AvgIpc) is 2.83. The van der Waals surface area contributed by atoms with Crippen LogP contribution in [0.1, 0.15) is 52.4 Å². The third kappa shape index (κ3) is 1.90. The molecule has 0 radical (unpaired) electrons. The molecule has 2 heteroatoms. The average molecular weight is 349 g/mol. The van der Waals surface area contributed by atoms with Crippen LogP contribution in [0.25, 0.3) is 0 Å². The Labute approximate surface area is 136 Å². The monoisotopic (exact) mass is 348 g/mol. The number of rotatable bonds is 0. The minimum Gasteiger partial charge on any atom is -0.295 e. The molecule has 0 aliphatic heterocycles. The fourth-order valence-corrected chi connectivity index (χ4v) is 7.13. The summed E-state index contributed by atoms with van der Waals surface area (Å²) in [4.78, 5) is 12.3. The van der Waals surface area contributed by atoms with Gasteiger partial charge in [0.1, 0.15) is 0 Å². The van der Waals surface area contributed by atoms with Gasteiger partial charge in [-0.15, -0.1) is 0 Å². The highest BCUT2D eigenvalue weighted by Gasteiger charge is 2.56. The Morgan fingerprint density at radius 3 is 2.86 bits per heavy atom. The SMILES string of the molecule is C[C@@]12C=CC[C@H]1[C@@H]1C[C@H](Br)C3=CC(=O)CC[C@]3(C)[C@H]1CC2. The predicted molar refractivity (Wildman–Crippen MR) is 89.3 cm³/mol. The number of hydrogen-bond acceptors (Lipinski definition) is 1. The van der Waals surface area contributed by atoms with Crippen molar-refractivity contribution in [3.8, 4) is 0 Å². The van der Waals surface area contributed by atoms with E-state index in [0.29, 0.717) is 16.0 Å². The van der Waals surface area contributed by atoms with E-state index < -0.39 is 0 Å². The van der Waals surface area contributed by atoms with E-state index in [1.165, 1.54) is 31.3 Å². The molecule has 4 aliphatic rings. The molecule has 114 valence electrons. The Balaban J connectivity index is 1.74. The fourth-order valence-electron chi connectivity index (χ4n) is 6.04. The van der Waals surface area contributed by atoms with Crippen molar-refractivity contribution in [2.75, 3.05) is 0 Å². The molecule has 0 bridgehead atoms. The quantitative estimate of drug-likeness (QED) is 0.441. The molecule has 4 rings (SSSR count). The first kappa shape index (κ1) is 14.2. The van der Waals surface area contributed by atoms with Crippen LogP contribution in [0.3, 0.4) is 0 Å². The zero-order valence-electron chi connectivity index (χ0n) is 13.1. The first-order valence-electron chi connectivity index (χ1n) is 8.51. The molecule has 0 aromatic rings. The van der Waals surface area contributed by atoms with Gasteiger partial charge in [0.15, 0.2) is 5.78 Å². The zero-order chi connectivity index (χ0) is 14.8. The van der Waals surface area contributed by atoms with Crippen molar-refractivity contribution >= 4 is 21.7 Å². The lowest BCUT2D eigenvalue weighted by Crippen LogP contribution is -2.52. The smallest absolute Gasteiger partial charge is 0.155 e. The van der Waals surface area contributed by atoms with Gasteiger partial charge in [-0.1, -0.05) is 41.9 Å². The third-order valence-electron chi connectivity index (χ3n) is 7.26. The Morgan fingerprint density at radius 2 is 2.05 bits per heavy atom. The minimum absolute atomic E-state index is 0.259. The second kappa shape index (κ2) is 4.57. The second-order valence-electron chi connectivity index (χ2n) is 8.25. The van der Waals surface area contributed by atoms with Crippen molar-refractivity contribution in [1.29, 1.82) is 0 Å². The molecule has 4 aliphatic carbocycles. The summed E-state index contributed by atoms with van der Waals surface area (Å²) in [5, 5.41) is 0. The highest BCUT2D eigenvalue weighted by Crippen LogP contribution is 2.64. The molecular weight excluding hydrogens is 324 g/mol. The number of carbonyl (C=O) groups excluding carboxylic acids is 1. The Morgan fingerprint density at radius 1 is 1.24 bits per heavy atom. The van der Waals surface area contributed by atoms with Crippen molar-refractivity contribution in [3.63, 3.8) is 0 Å². The van der Waals surface area contributed by atoms with E-state index in [2.05, 4.69) is 41.9 Å². The standard InChI is InChI=1S/C19H25BrO/c1-18-7-3-4-14(18)13-11-17(20)16-10-12(21)5-9-19(16,2)15(13)6-8-18/h3,7,10,13-15,17H,4-6,8-9,11H2,1-2H3/t13-,14-,15-,17-,18-,19+/m0/s1. The largest absolute Gasteiger partial charge is 0.295 e. The number of halogens is 1. The van der Waals surface area contributed by atoms with E-state index in [1.807, 2.05) is 6.08 Å². The normalized spacial score (nSPS) is 52.0. The van der Waals surface area contributed by atoms with E-state index in [1.54, 1.807) is 0 Å². The van der Waals surface area contributed by atoms with Gasteiger partial charge in [0.2, 0.25) is 0 Å². The molecule has 0 saturated heterocycles. The molecule has 0 amide bonds.